The van der Waals surface area contributed by atoms with Crippen LogP contribution in [0.15, 0.2) is 24.3 Å². The van der Waals surface area contributed by atoms with E-state index in [0.717, 1.165) is 41.4 Å². The van der Waals surface area contributed by atoms with Gasteiger partial charge in [0, 0.05) is 42.3 Å². The van der Waals surface area contributed by atoms with Crippen molar-refractivity contribution in [3.05, 3.63) is 35.4 Å². The van der Waals surface area contributed by atoms with E-state index in [9.17, 15) is 0 Å². The van der Waals surface area contributed by atoms with Gasteiger partial charge in [-0.15, -0.1) is 0 Å². The summed E-state index contributed by atoms with van der Waals surface area (Å²) in [6.07, 6.45) is 10.7. The number of pyridine rings is 1. The highest BCUT2D eigenvalue weighted by Gasteiger charge is 2.24. The number of aromatic nitrogens is 1. The minimum absolute atomic E-state index is 0.640. The fourth-order valence-electron chi connectivity index (χ4n) is 4.52. The fourth-order valence-corrected chi connectivity index (χ4v) is 4.52. The summed E-state index contributed by atoms with van der Waals surface area (Å²) in [5.74, 6) is 0.979. The van der Waals surface area contributed by atoms with Crippen molar-refractivity contribution in [2.45, 2.75) is 64.0 Å². The molecule has 138 valence electrons. The molecule has 4 nitrogen and oxygen atoms in total. The van der Waals surface area contributed by atoms with Gasteiger partial charge in [-0.2, -0.15) is 0 Å². The Kier molecular flexibility index (Phi) is 5.21. The highest BCUT2D eigenvalue weighted by Crippen LogP contribution is 2.27. The van der Waals surface area contributed by atoms with Crippen molar-refractivity contribution in [1.29, 1.82) is 5.41 Å². The molecule has 0 bridgehead atoms. The predicted molar refractivity (Wildman–Crippen MR) is 110 cm³/mol. The number of aryl methyl sites for hydroxylation is 1. The molecule has 4 heteroatoms. The third-order valence-electron chi connectivity index (χ3n) is 6.01. The molecular formula is C22H30N4. The van der Waals surface area contributed by atoms with Gasteiger partial charge in [0.1, 0.15) is 5.82 Å². The molecule has 0 unspecified atom stereocenters. The smallest absolute Gasteiger partial charge is 0.138 e. The van der Waals surface area contributed by atoms with Crippen LogP contribution in [0.1, 0.15) is 56.1 Å². The molecule has 0 atom stereocenters. The summed E-state index contributed by atoms with van der Waals surface area (Å²) in [6.45, 7) is 4.15. The SMILES string of the molecule is Cc1ccc2nc(N3CCC(NC4CCCCC4)CC3)c(C=N)cc2c1. The third kappa shape index (κ3) is 3.75. The quantitative estimate of drug-likeness (QED) is 0.802. The lowest BCUT2D eigenvalue weighted by molar-refractivity contribution is 0.307. The van der Waals surface area contributed by atoms with Gasteiger partial charge < -0.3 is 15.6 Å². The van der Waals surface area contributed by atoms with Gasteiger partial charge in [0.25, 0.3) is 0 Å². The summed E-state index contributed by atoms with van der Waals surface area (Å²) < 4.78 is 0. The molecule has 2 heterocycles. The lowest BCUT2D eigenvalue weighted by Crippen LogP contribution is -2.47. The van der Waals surface area contributed by atoms with E-state index in [0.29, 0.717) is 6.04 Å². The Morgan fingerprint density at radius 2 is 1.77 bits per heavy atom. The molecule has 1 saturated carbocycles. The molecule has 26 heavy (non-hydrogen) atoms. The molecule has 2 aromatic rings. The van der Waals surface area contributed by atoms with Crippen LogP contribution in [0.4, 0.5) is 5.82 Å². The van der Waals surface area contributed by atoms with Crippen LogP contribution in [-0.4, -0.2) is 36.4 Å². The van der Waals surface area contributed by atoms with E-state index in [2.05, 4.69) is 41.4 Å². The van der Waals surface area contributed by atoms with E-state index in [-0.39, 0.29) is 0 Å². The zero-order valence-corrected chi connectivity index (χ0v) is 15.8. The van der Waals surface area contributed by atoms with Crippen LogP contribution in [0.5, 0.6) is 0 Å². The molecule has 0 spiro atoms. The first-order chi connectivity index (χ1) is 12.7. The van der Waals surface area contributed by atoms with Crippen molar-refractivity contribution in [2.24, 2.45) is 0 Å². The number of hydrogen-bond acceptors (Lipinski definition) is 4. The second kappa shape index (κ2) is 7.75. The summed E-state index contributed by atoms with van der Waals surface area (Å²) in [7, 11) is 0. The van der Waals surface area contributed by atoms with E-state index in [1.165, 1.54) is 56.7 Å². The number of nitrogens with one attached hydrogen (secondary N) is 2. The lowest BCUT2D eigenvalue weighted by Gasteiger charge is -2.36. The molecule has 1 aromatic heterocycles. The van der Waals surface area contributed by atoms with Gasteiger partial charge in [-0.3, -0.25) is 0 Å². The highest BCUT2D eigenvalue weighted by atomic mass is 15.2. The molecular weight excluding hydrogens is 320 g/mol. The Labute approximate surface area is 156 Å². The Balaban J connectivity index is 1.46. The molecule has 0 amide bonds. The summed E-state index contributed by atoms with van der Waals surface area (Å²) in [6, 6.07) is 9.85. The monoisotopic (exact) mass is 350 g/mol. The highest BCUT2D eigenvalue weighted by molar-refractivity contribution is 5.93. The zero-order chi connectivity index (χ0) is 17.9. The van der Waals surface area contributed by atoms with Gasteiger partial charge in [-0.05, 0) is 50.8 Å². The van der Waals surface area contributed by atoms with E-state index in [1.54, 1.807) is 0 Å². The molecule has 1 aromatic carbocycles. The molecule has 0 radical (unpaired) electrons. The molecule has 2 N–H and O–H groups in total. The van der Waals surface area contributed by atoms with Gasteiger partial charge >= 0.3 is 0 Å². The molecule has 2 aliphatic rings. The van der Waals surface area contributed by atoms with E-state index < -0.39 is 0 Å². The van der Waals surface area contributed by atoms with Crippen molar-refractivity contribution in [3.8, 4) is 0 Å². The van der Waals surface area contributed by atoms with E-state index in [4.69, 9.17) is 10.4 Å². The predicted octanol–water partition coefficient (Wildman–Crippen LogP) is 4.43. The van der Waals surface area contributed by atoms with Gasteiger partial charge in [-0.1, -0.05) is 30.9 Å². The van der Waals surface area contributed by atoms with Crippen LogP contribution in [0.3, 0.4) is 0 Å². The van der Waals surface area contributed by atoms with E-state index >= 15 is 0 Å². The fraction of sp³-hybridized carbons (Fsp3) is 0.545. The van der Waals surface area contributed by atoms with E-state index in [1.807, 2.05) is 0 Å². The van der Waals surface area contributed by atoms with Crippen molar-refractivity contribution in [1.82, 2.24) is 10.3 Å². The summed E-state index contributed by atoms with van der Waals surface area (Å²) in [4.78, 5) is 7.28. The first-order valence-corrected chi connectivity index (χ1v) is 10.2. The van der Waals surface area contributed by atoms with Crippen molar-refractivity contribution in [2.75, 3.05) is 18.0 Å². The minimum atomic E-state index is 0.640. The van der Waals surface area contributed by atoms with Crippen LogP contribution >= 0.6 is 0 Å². The van der Waals surface area contributed by atoms with Crippen LogP contribution in [0.2, 0.25) is 0 Å². The first-order valence-electron chi connectivity index (χ1n) is 10.2. The average Bonchev–Trinajstić information content (AvgIpc) is 2.68. The van der Waals surface area contributed by atoms with Gasteiger partial charge in [-0.25, -0.2) is 4.98 Å². The maximum Gasteiger partial charge on any atom is 0.138 e. The number of anilines is 1. The largest absolute Gasteiger partial charge is 0.356 e. The number of benzene rings is 1. The topological polar surface area (TPSA) is 52.0 Å². The second-order valence-corrected chi connectivity index (χ2v) is 8.00. The maximum atomic E-state index is 7.84. The Hall–Kier alpha value is -1.94. The maximum absolute atomic E-state index is 7.84. The van der Waals surface area contributed by atoms with Crippen molar-refractivity contribution in [3.63, 3.8) is 0 Å². The van der Waals surface area contributed by atoms with Crippen LogP contribution in [0.25, 0.3) is 10.9 Å². The average molecular weight is 351 g/mol. The normalized spacial score (nSPS) is 19.8. The molecule has 2 fully saturated rings. The second-order valence-electron chi connectivity index (χ2n) is 8.00. The Bertz CT molecular complexity index is 771. The molecule has 1 aliphatic carbocycles. The third-order valence-corrected chi connectivity index (χ3v) is 6.01. The van der Waals surface area contributed by atoms with Crippen molar-refractivity contribution >= 4 is 22.9 Å². The van der Waals surface area contributed by atoms with Gasteiger partial charge in [0.15, 0.2) is 0 Å². The Morgan fingerprint density at radius 3 is 2.50 bits per heavy atom. The number of piperidine rings is 1. The van der Waals surface area contributed by atoms with Crippen molar-refractivity contribution < 1.29 is 0 Å². The number of hydrogen-bond donors (Lipinski definition) is 2. The Morgan fingerprint density at radius 1 is 1.04 bits per heavy atom. The zero-order valence-electron chi connectivity index (χ0n) is 15.8. The number of fused-ring (bicyclic) bond motifs is 1. The molecule has 4 rings (SSSR count). The molecule has 1 saturated heterocycles. The number of rotatable bonds is 4. The molecule has 1 aliphatic heterocycles. The van der Waals surface area contributed by atoms with Crippen LogP contribution in [0, 0.1) is 12.3 Å². The number of nitrogens with zero attached hydrogens (tertiary/aromatic N) is 2. The van der Waals surface area contributed by atoms with Gasteiger partial charge in [0.05, 0.1) is 5.52 Å². The lowest BCUT2D eigenvalue weighted by atomic mass is 9.93. The summed E-state index contributed by atoms with van der Waals surface area (Å²) >= 11 is 0. The minimum Gasteiger partial charge on any atom is -0.356 e. The summed E-state index contributed by atoms with van der Waals surface area (Å²) in [5, 5.41) is 12.9. The first kappa shape index (κ1) is 17.5. The van der Waals surface area contributed by atoms with Gasteiger partial charge in [0.2, 0.25) is 0 Å². The van der Waals surface area contributed by atoms with Crippen LogP contribution in [-0.2, 0) is 0 Å². The standard InChI is InChI=1S/C22H30N4/c1-16-7-8-21-17(13-16)14-18(15-23)22(25-21)26-11-9-20(10-12-26)24-19-5-3-2-4-6-19/h7-8,13-15,19-20,23-24H,2-6,9-12H2,1H3. The summed E-state index contributed by atoms with van der Waals surface area (Å²) in [5.41, 5.74) is 3.19. The van der Waals surface area contributed by atoms with Crippen LogP contribution < -0.4 is 10.2 Å².